The molecule has 0 aromatic carbocycles. The van der Waals surface area contributed by atoms with Crippen LogP contribution in [0.5, 0.6) is 0 Å². The predicted octanol–water partition coefficient (Wildman–Crippen LogP) is 1.91. The summed E-state index contributed by atoms with van der Waals surface area (Å²) in [4.78, 5) is 11.7. The third kappa shape index (κ3) is 4.12. The molecule has 1 rings (SSSR count). The van der Waals surface area contributed by atoms with Crippen molar-refractivity contribution < 1.29 is 4.79 Å². The molecular weight excluding hydrogens is 200 g/mol. The van der Waals surface area contributed by atoms with Crippen LogP contribution in [0.1, 0.15) is 46.5 Å². The predicted molar refractivity (Wildman–Crippen MR) is 66.9 cm³/mol. The smallest absolute Gasteiger partial charge is 0.236 e. The standard InChI is InChI=1S/C13H26N2O/c1-9(2)7-12(14)13(16)15-8-11-6-4-5-10(11)3/h9-12H,4-8,14H2,1-3H3,(H,15,16)/t10?,11?,12-/m0/s1. The SMILES string of the molecule is CC(C)C[C@H](N)C(=O)NCC1CCCC1C. The molecule has 3 atom stereocenters. The molecule has 16 heavy (non-hydrogen) atoms. The van der Waals surface area contributed by atoms with Crippen molar-refractivity contribution in [1.29, 1.82) is 0 Å². The zero-order valence-corrected chi connectivity index (χ0v) is 10.8. The fourth-order valence-corrected chi connectivity index (χ4v) is 2.50. The monoisotopic (exact) mass is 226 g/mol. The molecule has 1 fully saturated rings. The van der Waals surface area contributed by atoms with E-state index in [1.54, 1.807) is 0 Å². The highest BCUT2D eigenvalue weighted by molar-refractivity contribution is 5.81. The fraction of sp³-hybridized carbons (Fsp3) is 0.923. The maximum absolute atomic E-state index is 11.7. The minimum absolute atomic E-state index is 0.0211. The van der Waals surface area contributed by atoms with Crippen LogP contribution in [0.25, 0.3) is 0 Å². The van der Waals surface area contributed by atoms with E-state index in [1.807, 2.05) is 0 Å². The first-order valence-electron chi connectivity index (χ1n) is 6.54. The summed E-state index contributed by atoms with van der Waals surface area (Å²) < 4.78 is 0. The lowest BCUT2D eigenvalue weighted by Gasteiger charge is -2.18. The Morgan fingerprint density at radius 2 is 2.12 bits per heavy atom. The van der Waals surface area contributed by atoms with E-state index in [-0.39, 0.29) is 11.9 Å². The average molecular weight is 226 g/mol. The van der Waals surface area contributed by atoms with Gasteiger partial charge in [-0.3, -0.25) is 4.79 Å². The van der Waals surface area contributed by atoms with Crippen molar-refractivity contribution in [1.82, 2.24) is 5.32 Å². The molecule has 1 aliphatic carbocycles. The minimum Gasteiger partial charge on any atom is -0.354 e. The van der Waals surface area contributed by atoms with Crippen LogP contribution < -0.4 is 11.1 Å². The quantitative estimate of drug-likeness (QED) is 0.752. The number of nitrogens with two attached hydrogens (primary N) is 1. The lowest BCUT2D eigenvalue weighted by molar-refractivity contribution is -0.122. The molecule has 1 saturated carbocycles. The first-order valence-corrected chi connectivity index (χ1v) is 6.54. The molecule has 94 valence electrons. The molecule has 3 N–H and O–H groups in total. The van der Waals surface area contributed by atoms with Crippen LogP contribution in [-0.4, -0.2) is 18.5 Å². The molecule has 0 aromatic heterocycles. The van der Waals surface area contributed by atoms with Crippen molar-refractivity contribution in [3.05, 3.63) is 0 Å². The average Bonchev–Trinajstić information content (AvgIpc) is 2.59. The highest BCUT2D eigenvalue weighted by Gasteiger charge is 2.24. The Balaban J connectivity index is 2.23. The van der Waals surface area contributed by atoms with Crippen LogP contribution in [-0.2, 0) is 4.79 Å². The van der Waals surface area contributed by atoms with Gasteiger partial charge in [0.1, 0.15) is 0 Å². The summed E-state index contributed by atoms with van der Waals surface area (Å²) in [5.41, 5.74) is 5.83. The van der Waals surface area contributed by atoms with E-state index in [1.165, 1.54) is 19.3 Å². The van der Waals surface area contributed by atoms with Crippen molar-refractivity contribution in [2.24, 2.45) is 23.5 Å². The van der Waals surface area contributed by atoms with E-state index < -0.39 is 0 Å². The summed E-state index contributed by atoms with van der Waals surface area (Å²) in [5, 5.41) is 3.00. The highest BCUT2D eigenvalue weighted by atomic mass is 16.2. The second-order valence-electron chi connectivity index (χ2n) is 5.65. The molecule has 1 amide bonds. The molecule has 0 heterocycles. The number of amides is 1. The third-order valence-electron chi connectivity index (χ3n) is 3.64. The number of nitrogens with one attached hydrogen (secondary N) is 1. The van der Waals surface area contributed by atoms with Crippen molar-refractivity contribution in [3.63, 3.8) is 0 Å². The van der Waals surface area contributed by atoms with E-state index in [0.29, 0.717) is 11.8 Å². The van der Waals surface area contributed by atoms with Crippen LogP contribution >= 0.6 is 0 Å². The summed E-state index contributed by atoms with van der Waals surface area (Å²) >= 11 is 0. The topological polar surface area (TPSA) is 55.1 Å². The Bertz CT molecular complexity index is 228. The number of rotatable bonds is 5. The zero-order valence-electron chi connectivity index (χ0n) is 10.8. The van der Waals surface area contributed by atoms with Crippen molar-refractivity contribution in [2.75, 3.05) is 6.54 Å². The Kier molecular flexibility index (Phi) is 5.26. The molecule has 0 aromatic rings. The van der Waals surface area contributed by atoms with Gasteiger partial charge in [-0.05, 0) is 30.6 Å². The normalized spacial score (nSPS) is 27.1. The van der Waals surface area contributed by atoms with Gasteiger partial charge in [0.25, 0.3) is 0 Å². The van der Waals surface area contributed by atoms with Gasteiger partial charge in [0, 0.05) is 6.54 Å². The lowest BCUT2D eigenvalue weighted by atomic mass is 9.98. The van der Waals surface area contributed by atoms with E-state index >= 15 is 0 Å². The molecule has 3 heteroatoms. The molecule has 0 bridgehead atoms. The van der Waals surface area contributed by atoms with E-state index in [2.05, 4.69) is 26.1 Å². The summed E-state index contributed by atoms with van der Waals surface area (Å²) in [7, 11) is 0. The van der Waals surface area contributed by atoms with Gasteiger partial charge in [-0.15, -0.1) is 0 Å². The second kappa shape index (κ2) is 6.24. The molecular formula is C13H26N2O. The Hall–Kier alpha value is -0.570. The van der Waals surface area contributed by atoms with Gasteiger partial charge in [-0.1, -0.05) is 33.6 Å². The van der Waals surface area contributed by atoms with Crippen LogP contribution in [0, 0.1) is 17.8 Å². The summed E-state index contributed by atoms with van der Waals surface area (Å²) in [6, 6.07) is -0.336. The van der Waals surface area contributed by atoms with Gasteiger partial charge in [0.05, 0.1) is 6.04 Å². The number of carbonyl (C=O) groups is 1. The molecule has 0 saturated heterocycles. The van der Waals surface area contributed by atoms with Gasteiger partial charge < -0.3 is 11.1 Å². The molecule has 0 spiro atoms. The van der Waals surface area contributed by atoms with Gasteiger partial charge in [0.2, 0.25) is 5.91 Å². The van der Waals surface area contributed by atoms with Crippen LogP contribution in [0.15, 0.2) is 0 Å². The van der Waals surface area contributed by atoms with Gasteiger partial charge in [-0.2, -0.15) is 0 Å². The molecule has 2 unspecified atom stereocenters. The first-order chi connectivity index (χ1) is 7.50. The van der Waals surface area contributed by atoms with Crippen LogP contribution in [0.2, 0.25) is 0 Å². The first kappa shape index (κ1) is 13.5. The number of carbonyl (C=O) groups excluding carboxylic acids is 1. The third-order valence-corrected chi connectivity index (χ3v) is 3.64. The Morgan fingerprint density at radius 3 is 2.62 bits per heavy atom. The lowest BCUT2D eigenvalue weighted by Crippen LogP contribution is -2.43. The van der Waals surface area contributed by atoms with Crippen molar-refractivity contribution in [2.45, 2.75) is 52.5 Å². The Labute approximate surface area is 99.2 Å². The van der Waals surface area contributed by atoms with Crippen molar-refractivity contribution >= 4 is 5.91 Å². The van der Waals surface area contributed by atoms with E-state index in [0.717, 1.165) is 18.9 Å². The molecule has 1 aliphatic rings. The van der Waals surface area contributed by atoms with Gasteiger partial charge in [-0.25, -0.2) is 0 Å². The van der Waals surface area contributed by atoms with Crippen molar-refractivity contribution in [3.8, 4) is 0 Å². The van der Waals surface area contributed by atoms with E-state index in [9.17, 15) is 4.79 Å². The van der Waals surface area contributed by atoms with E-state index in [4.69, 9.17) is 5.73 Å². The highest BCUT2D eigenvalue weighted by Crippen LogP contribution is 2.30. The van der Waals surface area contributed by atoms with Gasteiger partial charge in [0.15, 0.2) is 0 Å². The maximum atomic E-state index is 11.7. The number of hydrogen-bond acceptors (Lipinski definition) is 2. The summed E-state index contributed by atoms with van der Waals surface area (Å²) in [6.07, 6.45) is 4.63. The molecule has 0 radical (unpaired) electrons. The second-order valence-corrected chi connectivity index (χ2v) is 5.65. The Morgan fingerprint density at radius 1 is 1.44 bits per heavy atom. The zero-order chi connectivity index (χ0) is 12.1. The van der Waals surface area contributed by atoms with Gasteiger partial charge >= 0.3 is 0 Å². The molecule has 0 aliphatic heterocycles. The minimum atomic E-state index is -0.336. The molecule has 3 nitrogen and oxygen atoms in total. The summed E-state index contributed by atoms with van der Waals surface area (Å²) in [6.45, 7) is 7.27. The van der Waals surface area contributed by atoms with Crippen LogP contribution in [0.4, 0.5) is 0 Å². The van der Waals surface area contributed by atoms with Crippen LogP contribution in [0.3, 0.4) is 0 Å². The number of hydrogen-bond donors (Lipinski definition) is 2. The fourth-order valence-electron chi connectivity index (χ4n) is 2.50. The maximum Gasteiger partial charge on any atom is 0.236 e. The largest absolute Gasteiger partial charge is 0.354 e. The summed E-state index contributed by atoms with van der Waals surface area (Å²) in [5.74, 6) is 1.91.